The van der Waals surface area contributed by atoms with Crippen LogP contribution in [-0.4, -0.2) is 29.2 Å². The highest BCUT2D eigenvalue weighted by Crippen LogP contribution is 2.15. The van der Waals surface area contributed by atoms with E-state index in [2.05, 4.69) is 10.3 Å². The molecular weight excluding hydrogens is 252 g/mol. The maximum absolute atomic E-state index is 10.6. The van der Waals surface area contributed by atoms with Gasteiger partial charge >= 0.3 is 5.97 Å². The Morgan fingerprint density at radius 3 is 2.83 bits per heavy atom. The van der Waals surface area contributed by atoms with Gasteiger partial charge in [-0.3, -0.25) is 0 Å². The maximum Gasteiger partial charge on any atom is 0.355 e. The molecule has 0 radical (unpaired) electrons. The predicted molar refractivity (Wildman–Crippen MR) is 69.5 cm³/mol. The molecule has 6 heteroatoms. The first-order valence-corrected chi connectivity index (χ1v) is 6.24. The first-order chi connectivity index (χ1) is 8.75. The molecule has 2 rings (SSSR count). The highest BCUT2D eigenvalue weighted by molar-refractivity contribution is 7.13. The van der Waals surface area contributed by atoms with E-state index in [1.165, 1.54) is 16.7 Å². The zero-order valence-electron chi connectivity index (χ0n) is 9.50. The van der Waals surface area contributed by atoms with Crippen LogP contribution < -0.4 is 10.1 Å². The smallest absolute Gasteiger partial charge is 0.355 e. The molecule has 0 aliphatic carbocycles. The Morgan fingerprint density at radius 1 is 1.39 bits per heavy atom. The summed E-state index contributed by atoms with van der Waals surface area (Å²) in [6, 6.07) is 9.50. The SMILES string of the molecule is O=C(O)c1csc(NCCOc2ccccc2)n1. The zero-order chi connectivity index (χ0) is 12.8. The Morgan fingerprint density at radius 2 is 2.17 bits per heavy atom. The van der Waals surface area contributed by atoms with E-state index in [0.29, 0.717) is 18.3 Å². The van der Waals surface area contributed by atoms with Crippen LogP contribution in [0, 0.1) is 0 Å². The summed E-state index contributed by atoms with van der Waals surface area (Å²) >= 11 is 1.27. The molecule has 94 valence electrons. The van der Waals surface area contributed by atoms with Gasteiger partial charge in [-0.15, -0.1) is 11.3 Å². The van der Waals surface area contributed by atoms with Crippen LogP contribution >= 0.6 is 11.3 Å². The molecule has 1 heterocycles. The Bertz CT molecular complexity index is 513. The highest BCUT2D eigenvalue weighted by atomic mass is 32.1. The number of anilines is 1. The van der Waals surface area contributed by atoms with Crippen LogP contribution in [0.1, 0.15) is 10.5 Å². The Labute approximate surface area is 108 Å². The molecule has 5 nitrogen and oxygen atoms in total. The molecule has 2 N–H and O–H groups in total. The Kier molecular flexibility index (Phi) is 4.14. The second kappa shape index (κ2) is 6.02. The average Bonchev–Trinajstić information content (AvgIpc) is 2.85. The summed E-state index contributed by atoms with van der Waals surface area (Å²) in [5.74, 6) is -0.204. The van der Waals surface area contributed by atoms with E-state index in [9.17, 15) is 4.79 Å². The van der Waals surface area contributed by atoms with Crippen molar-refractivity contribution in [2.45, 2.75) is 0 Å². The average molecular weight is 264 g/mol. The van der Waals surface area contributed by atoms with Crippen molar-refractivity contribution < 1.29 is 14.6 Å². The zero-order valence-corrected chi connectivity index (χ0v) is 10.3. The number of para-hydroxylation sites is 1. The minimum absolute atomic E-state index is 0.0616. The number of hydrogen-bond acceptors (Lipinski definition) is 5. The van der Waals surface area contributed by atoms with Gasteiger partial charge in [0.05, 0.1) is 6.54 Å². The van der Waals surface area contributed by atoms with Crippen molar-refractivity contribution in [1.82, 2.24) is 4.98 Å². The second-order valence-electron chi connectivity index (χ2n) is 3.43. The number of ether oxygens (including phenoxy) is 1. The van der Waals surface area contributed by atoms with Crippen LogP contribution in [0.3, 0.4) is 0 Å². The van der Waals surface area contributed by atoms with Gasteiger partial charge in [-0.05, 0) is 12.1 Å². The lowest BCUT2D eigenvalue weighted by atomic mass is 10.3. The van der Waals surface area contributed by atoms with E-state index in [0.717, 1.165) is 5.75 Å². The van der Waals surface area contributed by atoms with Gasteiger partial charge in [-0.2, -0.15) is 0 Å². The fourth-order valence-corrected chi connectivity index (χ4v) is 2.01. The molecule has 0 saturated carbocycles. The minimum atomic E-state index is -1.01. The van der Waals surface area contributed by atoms with Crippen LogP contribution in [0.25, 0.3) is 0 Å². The fourth-order valence-electron chi connectivity index (χ4n) is 1.30. The summed E-state index contributed by atoms with van der Waals surface area (Å²) in [6.45, 7) is 1.06. The lowest BCUT2D eigenvalue weighted by Gasteiger charge is -2.05. The van der Waals surface area contributed by atoms with Gasteiger partial charge in [0.2, 0.25) is 0 Å². The van der Waals surface area contributed by atoms with Crippen molar-refractivity contribution in [2.24, 2.45) is 0 Å². The topological polar surface area (TPSA) is 71.5 Å². The molecule has 1 aromatic heterocycles. The van der Waals surface area contributed by atoms with Crippen LogP contribution in [0.4, 0.5) is 5.13 Å². The van der Waals surface area contributed by atoms with Crippen LogP contribution in [-0.2, 0) is 0 Å². The van der Waals surface area contributed by atoms with Crippen molar-refractivity contribution in [1.29, 1.82) is 0 Å². The summed E-state index contributed by atoms with van der Waals surface area (Å²) in [5.41, 5.74) is 0.0616. The van der Waals surface area contributed by atoms with Crippen LogP contribution in [0.2, 0.25) is 0 Å². The summed E-state index contributed by atoms with van der Waals surface area (Å²) in [6.07, 6.45) is 0. The molecule has 0 bridgehead atoms. The highest BCUT2D eigenvalue weighted by Gasteiger charge is 2.07. The molecule has 18 heavy (non-hydrogen) atoms. The normalized spacial score (nSPS) is 10.0. The number of carboxylic acids is 1. The van der Waals surface area contributed by atoms with Gasteiger partial charge in [0.1, 0.15) is 12.4 Å². The van der Waals surface area contributed by atoms with E-state index < -0.39 is 5.97 Å². The molecule has 2 aromatic rings. The third kappa shape index (κ3) is 3.46. The number of nitrogens with one attached hydrogen (secondary N) is 1. The third-order valence-electron chi connectivity index (χ3n) is 2.11. The number of thiazole rings is 1. The third-order valence-corrected chi connectivity index (χ3v) is 2.91. The number of carboxylic acid groups (broad SMARTS) is 1. The van der Waals surface area contributed by atoms with Gasteiger partial charge < -0.3 is 15.2 Å². The molecule has 0 spiro atoms. The van der Waals surface area contributed by atoms with Gasteiger partial charge in [0, 0.05) is 5.38 Å². The Balaban J connectivity index is 1.73. The maximum atomic E-state index is 10.6. The molecule has 0 atom stereocenters. The predicted octanol–water partition coefficient (Wildman–Crippen LogP) is 2.33. The van der Waals surface area contributed by atoms with Crippen LogP contribution in [0.15, 0.2) is 35.7 Å². The number of hydrogen-bond donors (Lipinski definition) is 2. The van der Waals surface area contributed by atoms with Crippen molar-refractivity contribution >= 4 is 22.4 Å². The molecule has 0 amide bonds. The van der Waals surface area contributed by atoms with E-state index in [4.69, 9.17) is 9.84 Å². The molecule has 0 aliphatic heterocycles. The van der Waals surface area contributed by atoms with Crippen molar-refractivity contribution in [3.8, 4) is 5.75 Å². The number of benzene rings is 1. The summed E-state index contributed by atoms with van der Waals surface area (Å²) < 4.78 is 5.48. The number of rotatable bonds is 6. The van der Waals surface area contributed by atoms with Gasteiger partial charge in [-0.25, -0.2) is 9.78 Å². The molecule has 0 fully saturated rings. The molecule has 0 aliphatic rings. The van der Waals surface area contributed by atoms with Crippen molar-refractivity contribution in [2.75, 3.05) is 18.5 Å². The Hall–Kier alpha value is -2.08. The number of aromatic carboxylic acids is 1. The summed E-state index contributed by atoms with van der Waals surface area (Å²) in [5, 5.41) is 13.8. The molecular formula is C12H12N2O3S. The van der Waals surface area contributed by atoms with E-state index >= 15 is 0 Å². The first kappa shape index (κ1) is 12.4. The second-order valence-corrected chi connectivity index (χ2v) is 4.29. The number of nitrogens with zero attached hydrogens (tertiary/aromatic N) is 1. The van der Waals surface area contributed by atoms with E-state index in [1.807, 2.05) is 30.3 Å². The van der Waals surface area contributed by atoms with Crippen molar-refractivity contribution in [3.05, 3.63) is 41.4 Å². The lowest BCUT2D eigenvalue weighted by molar-refractivity contribution is 0.0691. The molecule has 0 unspecified atom stereocenters. The van der Waals surface area contributed by atoms with Gasteiger partial charge in [0.25, 0.3) is 0 Å². The van der Waals surface area contributed by atoms with Gasteiger partial charge in [-0.1, -0.05) is 18.2 Å². The standard InChI is InChI=1S/C12H12N2O3S/c15-11(16)10-8-18-12(14-10)13-6-7-17-9-4-2-1-3-5-9/h1-5,8H,6-7H2,(H,13,14)(H,15,16). The lowest BCUT2D eigenvalue weighted by Crippen LogP contribution is -2.11. The fraction of sp³-hybridized carbons (Fsp3) is 0.167. The van der Waals surface area contributed by atoms with Gasteiger partial charge in [0.15, 0.2) is 10.8 Å². The van der Waals surface area contributed by atoms with E-state index in [-0.39, 0.29) is 5.69 Å². The largest absolute Gasteiger partial charge is 0.492 e. The summed E-state index contributed by atoms with van der Waals surface area (Å²) in [7, 11) is 0. The summed E-state index contributed by atoms with van der Waals surface area (Å²) in [4.78, 5) is 14.5. The van der Waals surface area contributed by atoms with Crippen molar-refractivity contribution in [3.63, 3.8) is 0 Å². The minimum Gasteiger partial charge on any atom is -0.492 e. The van der Waals surface area contributed by atoms with E-state index in [1.54, 1.807) is 0 Å². The molecule has 0 saturated heterocycles. The monoisotopic (exact) mass is 264 g/mol. The molecule has 1 aromatic carbocycles. The van der Waals surface area contributed by atoms with Crippen LogP contribution in [0.5, 0.6) is 5.75 Å². The number of carbonyl (C=O) groups is 1. The quantitative estimate of drug-likeness (QED) is 0.783. The first-order valence-electron chi connectivity index (χ1n) is 5.36. The number of aromatic nitrogens is 1.